The summed E-state index contributed by atoms with van der Waals surface area (Å²) in [6.07, 6.45) is 0.333. The smallest absolute Gasteiger partial charge is 0.407 e. The molecule has 1 atom stereocenters. The van der Waals surface area contributed by atoms with Crippen molar-refractivity contribution in [3.63, 3.8) is 0 Å². The van der Waals surface area contributed by atoms with Gasteiger partial charge in [0.2, 0.25) is 11.8 Å². The van der Waals surface area contributed by atoms with Crippen LogP contribution in [0.2, 0.25) is 0 Å². The fraction of sp³-hybridized carbons (Fsp3) is 0.444. The lowest BCUT2D eigenvalue weighted by Crippen LogP contribution is -2.37. The monoisotopic (exact) mass is 408 g/mol. The zero-order valence-electron chi connectivity index (χ0n) is 16.3. The molecule has 1 rings (SSSR count). The second kappa shape index (κ2) is 12.9. The van der Waals surface area contributed by atoms with Gasteiger partial charge in [-0.05, 0) is 30.5 Å². The van der Waals surface area contributed by atoms with Crippen LogP contribution in [-0.2, 0) is 20.9 Å². The van der Waals surface area contributed by atoms with Gasteiger partial charge in [0.15, 0.2) is 0 Å². The van der Waals surface area contributed by atoms with Crippen LogP contribution in [0, 0.1) is 0 Å². The third kappa shape index (κ3) is 11.2. The molecule has 0 spiro atoms. The Hall–Kier alpha value is -3.34. The van der Waals surface area contributed by atoms with Crippen LogP contribution >= 0.6 is 0 Å². The largest absolute Gasteiger partial charge is 0.445 e. The van der Waals surface area contributed by atoms with Crippen molar-refractivity contribution >= 4 is 29.6 Å². The van der Waals surface area contributed by atoms with Crippen molar-refractivity contribution < 1.29 is 23.9 Å². The number of amides is 5. The first-order valence-electron chi connectivity index (χ1n) is 9.11. The van der Waals surface area contributed by atoms with Gasteiger partial charge in [-0.2, -0.15) is 0 Å². The van der Waals surface area contributed by atoms with Crippen molar-refractivity contribution in [1.29, 1.82) is 0 Å². The van der Waals surface area contributed by atoms with Crippen LogP contribution in [0.1, 0.15) is 25.3 Å². The van der Waals surface area contributed by atoms with Gasteiger partial charge in [-0.3, -0.25) is 9.59 Å². The lowest BCUT2D eigenvalue weighted by atomic mass is 10.1. The number of anilines is 1. The molecule has 0 aliphatic heterocycles. The zero-order chi connectivity index (χ0) is 21.6. The fourth-order valence-corrected chi connectivity index (χ4v) is 2.19. The molecule has 5 amide bonds. The van der Waals surface area contributed by atoms with Gasteiger partial charge in [0.25, 0.3) is 0 Å². The molecule has 11 nitrogen and oxygen atoms in total. The number of carbonyl (C=O) groups is 4. The van der Waals surface area contributed by atoms with E-state index in [9.17, 15) is 19.2 Å². The summed E-state index contributed by atoms with van der Waals surface area (Å²) in [7, 11) is 0. The van der Waals surface area contributed by atoms with Crippen LogP contribution in [0.25, 0.3) is 0 Å². The van der Waals surface area contributed by atoms with Gasteiger partial charge in [-0.15, -0.1) is 0 Å². The Labute approximate surface area is 168 Å². The first kappa shape index (κ1) is 23.7. The zero-order valence-corrected chi connectivity index (χ0v) is 16.3. The van der Waals surface area contributed by atoms with Crippen molar-refractivity contribution in [1.82, 2.24) is 16.0 Å². The number of carbonyl (C=O) groups excluding carboxylic acids is 4. The summed E-state index contributed by atoms with van der Waals surface area (Å²) in [5.41, 5.74) is 12.1. The maximum atomic E-state index is 12.1. The Morgan fingerprint density at radius 3 is 2.28 bits per heavy atom. The Morgan fingerprint density at radius 1 is 1.00 bits per heavy atom. The molecule has 0 bridgehead atoms. The quantitative estimate of drug-likeness (QED) is 0.275. The van der Waals surface area contributed by atoms with E-state index in [1.807, 2.05) is 0 Å². The van der Waals surface area contributed by atoms with E-state index < -0.39 is 18.2 Å². The SMILES string of the molecule is CC(=O)NCCNC(=O)OCc1ccc(NC(=O)[C@@H](N)CCCNC(N)=O)cc1. The van der Waals surface area contributed by atoms with Crippen molar-refractivity contribution in [2.24, 2.45) is 11.5 Å². The van der Waals surface area contributed by atoms with E-state index in [1.54, 1.807) is 24.3 Å². The number of benzene rings is 1. The highest BCUT2D eigenvalue weighted by molar-refractivity contribution is 5.94. The van der Waals surface area contributed by atoms with Gasteiger partial charge >= 0.3 is 12.1 Å². The number of rotatable bonds is 11. The highest BCUT2D eigenvalue weighted by Gasteiger charge is 2.13. The minimum atomic E-state index is -0.714. The number of ether oxygens (including phenoxy) is 1. The second-order valence-corrected chi connectivity index (χ2v) is 6.21. The Bertz CT molecular complexity index is 694. The number of nitrogens with two attached hydrogens (primary N) is 2. The molecule has 0 saturated heterocycles. The molecule has 11 heteroatoms. The number of primary amides is 1. The van der Waals surface area contributed by atoms with Gasteiger partial charge in [-0.25, -0.2) is 9.59 Å². The van der Waals surface area contributed by atoms with E-state index >= 15 is 0 Å². The van der Waals surface area contributed by atoms with Gasteiger partial charge in [0, 0.05) is 32.2 Å². The van der Waals surface area contributed by atoms with E-state index in [2.05, 4.69) is 21.3 Å². The molecule has 8 N–H and O–H groups in total. The van der Waals surface area contributed by atoms with Crippen LogP contribution in [0.5, 0.6) is 0 Å². The number of urea groups is 1. The summed E-state index contributed by atoms with van der Waals surface area (Å²) in [4.78, 5) is 44.9. The van der Waals surface area contributed by atoms with E-state index in [0.717, 1.165) is 5.56 Å². The molecule has 0 heterocycles. The van der Waals surface area contributed by atoms with E-state index in [-0.39, 0.29) is 25.0 Å². The first-order chi connectivity index (χ1) is 13.8. The molecule has 0 saturated carbocycles. The average Bonchev–Trinajstić information content (AvgIpc) is 2.67. The molecular weight excluding hydrogens is 380 g/mol. The molecule has 0 unspecified atom stereocenters. The predicted molar refractivity (Wildman–Crippen MR) is 107 cm³/mol. The molecule has 0 aromatic heterocycles. The summed E-state index contributed by atoms with van der Waals surface area (Å²) in [5, 5.41) is 10.2. The first-order valence-corrected chi connectivity index (χ1v) is 9.11. The van der Waals surface area contributed by atoms with Crippen molar-refractivity contribution in [3.8, 4) is 0 Å². The molecule has 1 aromatic rings. The fourth-order valence-electron chi connectivity index (χ4n) is 2.19. The number of hydrogen-bond donors (Lipinski definition) is 6. The van der Waals surface area contributed by atoms with Gasteiger partial charge in [0.05, 0.1) is 6.04 Å². The van der Waals surface area contributed by atoms with E-state index in [1.165, 1.54) is 6.92 Å². The van der Waals surface area contributed by atoms with Crippen molar-refractivity contribution in [2.75, 3.05) is 25.0 Å². The molecule has 1 aromatic carbocycles. The molecular formula is C18H28N6O5. The molecule has 0 radical (unpaired) electrons. The average molecular weight is 408 g/mol. The lowest BCUT2D eigenvalue weighted by molar-refractivity contribution is -0.119. The summed E-state index contributed by atoms with van der Waals surface area (Å²) >= 11 is 0. The number of alkyl carbamates (subject to hydrolysis) is 1. The maximum Gasteiger partial charge on any atom is 0.407 e. The normalized spacial score (nSPS) is 11.1. The second-order valence-electron chi connectivity index (χ2n) is 6.21. The van der Waals surface area contributed by atoms with Crippen LogP contribution in [0.15, 0.2) is 24.3 Å². The number of hydrogen-bond acceptors (Lipinski definition) is 6. The highest BCUT2D eigenvalue weighted by Crippen LogP contribution is 2.11. The molecule has 0 fully saturated rings. The topological polar surface area (TPSA) is 178 Å². The highest BCUT2D eigenvalue weighted by atomic mass is 16.5. The Balaban J connectivity index is 2.30. The summed E-state index contributed by atoms with van der Waals surface area (Å²) < 4.78 is 5.06. The van der Waals surface area contributed by atoms with Crippen LogP contribution < -0.4 is 32.7 Å². The summed E-state index contributed by atoms with van der Waals surface area (Å²) in [6, 6.07) is 5.44. The lowest BCUT2D eigenvalue weighted by Gasteiger charge is -2.13. The van der Waals surface area contributed by atoms with Gasteiger partial charge in [-0.1, -0.05) is 12.1 Å². The van der Waals surface area contributed by atoms with Crippen LogP contribution in [0.3, 0.4) is 0 Å². The molecule has 160 valence electrons. The molecule has 29 heavy (non-hydrogen) atoms. The van der Waals surface area contributed by atoms with E-state index in [4.69, 9.17) is 16.2 Å². The minimum absolute atomic E-state index is 0.0621. The Morgan fingerprint density at radius 2 is 1.66 bits per heavy atom. The number of nitrogens with one attached hydrogen (secondary N) is 4. The standard InChI is InChI=1S/C18H28N6O5/c1-12(25)21-9-10-23-18(28)29-11-13-4-6-14(7-5-13)24-16(26)15(19)3-2-8-22-17(20)27/h4-7,15H,2-3,8-11,19H2,1H3,(H,21,25)(H,23,28)(H,24,26)(H3,20,22,27)/t15-/m0/s1. The van der Waals surface area contributed by atoms with Crippen LogP contribution in [-0.4, -0.2) is 49.6 Å². The third-order valence-corrected chi connectivity index (χ3v) is 3.69. The third-order valence-electron chi connectivity index (χ3n) is 3.69. The molecule has 0 aliphatic rings. The van der Waals surface area contributed by atoms with Gasteiger partial charge in [0.1, 0.15) is 6.61 Å². The van der Waals surface area contributed by atoms with Gasteiger partial charge < -0.3 is 37.5 Å². The summed E-state index contributed by atoms with van der Waals surface area (Å²) in [5.74, 6) is -0.514. The van der Waals surface area contributed by atoms with E-state index in [0.29, 0.717) is 31.6 Å². The van der Waals surface area contributed by atoms with Crippen molar-refractivity contribution in [3.05, 3.63) is 29.8 Å². The van der Waals surface area contributed by atoms with Crippen molar-refractivity contribution in [2.45, 2.75) is 32.4 Å². The summed E-state index contributed by atoms with van der Waals surface area (Å²) in [6.45, 7) is 2.39. The van der Waals surface area contributed by atoms with Crippen LogP contribution in [0.4, 0.5) is 15.3 Å². The maximum absolute atomic E-state index is 12.1. The predicted octanol–water partition coefficient (Wildman–Crippen LogP) is -0.237. The Kier molecular flexibility index (Phi) is 10.6. The minimum Gasteiger partial charge on any atom is -0.445 e. The molecule has 0 aliphatic carbocycles.